The summed E-state index contributed by atoms with van der Waals surface area (Å²) in [5, 5.41) is 7.57. The molecule has 0 aromatic carbocycles. The number of imidazole rings is 1. The number of nitrogens with one attached hydrogen (secondary N) is 1. The van der Waals surface area contributed by atoms with E-state index in [-0.39, 0.29) is 0 Å². The molecule has 80 valence electrons. The lowest BCUT2D eigenvalue weighted by molar-refractivity contribution is 1.07. The lowest BCUT2D eigenvalue weighted by Crippen LogP contribution is -1.89. The lowest BCUT2D eigenvalue weighted by atomic mass is 10.2. The van der Waals surface area contributed by atoms with Crippen LogP contribution in [0.3, 0.4) is 0 Å². The van der Waals surface area contributed by atoms with E-state index in [9.17, 15) is 0 Å². The van der Waals surface area contributed by atoms with Gasteiger partial charge in [0.05, 0.1) is 22.1 Å². The van der Waals surface area contributed by atoms with E-state index in [0.717, 1.165) is 22.7 Å². The maximum absolute atomic E-state index is 5.99. The van der Waals surface area contributed by atoms with E-state index >= 15 is 0 Å². The number of aromatic amines is 1. The number of hydrogen-bond donors (Lipinski definition) is 1. The zero-order valence-electron chi connectivity index (χ0n) is 8.61. The average molecular weight is 233 g/mol. The van der Waals surface area contributed by atoms with Crippen molar-refractivity contribution in [1.29, 1.82) is 0 Å². The van der Waals surface area contributed by atoms with Gasteiger partial charge in [0.25, 0.3) is 0 Å². The van der Waals surface area contributed by atoms with E-state index in [2.05, 4.69) is 15.2 Å². The first-order chi connectivity index (χ1) is 7.75. The normalized spacial score (nSPS) is 11.1. The molecule has 0 saturated carbocycles. The summed E-state index contributed by atoms with van der Waals surface area (Å²) in [5.74, 6) is 0. The summed E-state index contributed by atoms with van der Waals surface area (Å²) < 4.78 is 1.96. The number of H-pyrrole nitrogens is 1. The Labute approximate surface area is 96.9 Å². The molecule has 4 nitrogen and oxygen atoms in total. The molecule has 0 bridgehead atoms. The molecule has 1 N–H and O–H groups in total. The molecule has 3 rings (SSSR count). The van der Waals surface area contributed by atoms with Gasteiger partial charge in [0.2, 0.25) is 0 Å². The molecule has 0 spiro atoms. The first kappa shape index (κ1) is 9.42. The Morgan fingerprint density at radius 1 is 1.31 bits per heavy atom. The summed E-state index contributed by atoms with van der Waals surface area (Å²) in [6, 6.07) is 5.65. The van der Waals surface area contributed by atoms with Crippen molar-refractivity contribution in [3.63, 3.8) is 0 Å². The van der Waals surface area contributed by atoms with Crippen molar-refractivity contribution in [1.82, 2.24) is 19.6 Å². The van der Waals surface area contributed by atoms with E-state index in [1.54, 1.807) is 6.20 Å². The molecule has 0 unspecified atom stereocenters. The molecule has 16 heavy (non-hydrogen) atoms. The van der Waals surface area contributed by atoms with Crippen LogP contribution in [0.2, 0.25) is 5.02 Å². The molecule has 0 saturated heterocycles. The molecule has 5 heteroatoms. The summed E-state index contributed by atoms with van der Waals surface area (Å²) in [7, 11) is 0. The molecule has 0 radical (unpaired) electrons. The van der Waals surface area contributed by atoms with Crippen LogP contribution in [0.1, 0.15) is 5.69 Å². The van der Waals surface area contributed by atoms with Crippen LogP contribution in [0.25, 0.3) is 17.0 Å². The third kappa shape index (κ3) is 1.31. The molecule has 0 aliphatic carbocycles. The van der Waals surface area contributed by atoms with Gasteiger partial charge in [-0.3, -0.25) is 9.50 Å². The molecule has 3 heterocycles. The first-order valence-electron chi connectivity index (χ1n) is 4.89. The maximum Gasteiger partial charge on any atom is 0.137 e. The summed E-state index contributed by atoms with van der Waals surface area (Å²) in [6.45, 7) is 1.97. The Morgan fingerprint density at radius 2 is 2.19 bits per heavy atom. The van der Waals surface area contributed by atoms with Crippen LogP contribution in [0.15, 0.2) is 30.6 Å². The molecule has 3 aromatic rings. The standard InChI is InChI=1S/C11H9ClN4/c1-7-11(9-4-5-13-15-9)16-6-8(12)2-3-10(16)14-7/h2-6H,1H3,(H,13,15). The predicted octanol–water partition coefficient (Wildman–Crippen LogP) is 2.69. The van der Waals surface area contributed by atoms with E-state index in [4.69, 9.17) is 11.6 Å². The largest absolute Gasteiger partial charge is 0.296 e. The van der Waals surface area contributed by atoms with Crippen molar-refractivity contribution in [2.75, 3.05) is 0 Å². The van der Waals surface area contributed by atoms with E-state index in [0.29, 0.717) is 5.02 Å². The smallest absolute Gasteiger partial charge is 0.137 e. The van der Waals surface area contributed by atoms with Crippen molar-refractivity contribution >= 4 is 17.2 Å². The van der Waals surface area contributed by atoms with Gasteiger partial charge in [-0.1, -0.05) is 11.6 Å². The third-order valence-electron chi connectivity index (χ3n) is 2.51. The summed E-state index contributed by atoms with van der Waals surface area (Å²) in [4.78, 5) is 4.47. The van der Waals surface area contributed by atoms with E-state index < -0.39 is 0 Å². The number of hydrogen-bond acceptors (Lipinski definition) is 2. The molecular weight excluding hydrogens is 224 g/mol. The van der Waals surface area contributed by atoms with Crippen LogP contribution < -0.4 is 0 Å². The van der Waals surface area contributed by atoms with Gasteiger partial charge in [-0.25, -0.2) is 4.98 Å². The maximum atomic E-state index is 5.99. The van der Waals surface area contributed by atoms with Crippen LogP contribution >= 0.6 is 11.6 Å². The highest BCUT2D eigenvalue weighted by Gasteiger charge is 2.11. The number of aromatic nitrogens is 4. The van der Waals surface area contributed by atoms with Crippen molar-refractivity contribution in [2.24, 2.45) is 0 Å². The number of nitrogens with zero attached hydrogens (tertiary/aromatic N) is 3. The Hall–Kier alpha value is -1.81. The van der Waals surface area contributed by atoms with Crippen molar-refractivity contribution in [3.8, 4) is 11.4 Å². The zero-order valence-corrected chi connectivity index (χ0v) is 9.36. The van der Waals surface area contributed by atoms with Gasteiger partial charge < -0.3 is 0 Å². The number of rotatable bonds is 1. The van der Waals surface area contributed by atoms with Crippen molar-refractivity contribution in [2.45, 2.75) is 6.92 Å². The van der Waals surface area contributed by atoms with Crippen LogP contribution in [-0.2, 0) is 0 Å². The van der Waals surface area contributed by atoms with Crippen LogP contribution in [0.4, 0.5) is 0 Å². The van der Waals surface area contributed by atoms with Gasteiger partial charge in [-0.15, -0.1) is 0 Å². The molecule has 0 fully saturated rings. The van der Waals surface area contributed by atoms with Crippen molar-refractivity contribution in [3.05, 3.63) is 41.3 Å². The fourth-order valence-corrected chi connectivity index (χ4v) is 2.01. The second-order valence-corrected chi connectivity index (χ2v) is 4.03. The van der Waals surface area contributed by atoms with Gasteiger partial charge in [0.15, 0.2) is 0 Å². The second kappa shape index (κ2) is 3.35. The fourth-order valence-electron chi connectivity index (χ4n) is 1.85. The average Bonchev–Trinajstić information content (AvgIpc) is 2.83. The SMILES string of the molecule is Cc1nc2ccc(Cl)cn2c1-c1ccn[nH]1. The lowest BCUT2D eigenvalue weighted by Gasteiger charge is -2.00. The molecule has 0 aliphatic rings. The van der Waals surface area contributed by atoms with Gasteiger partial charge in [-0.05, 0) is 25.1 Å². The highest BCUT2D eigenvalue weighted by atomic mass is 35.5. The molecule has 0 atom stereocenters. The minimum atomic E-state index is 0.686. The third-order valence-corrected chi connectivity index (χ3v) is 2.74. The fraction of sp³-hybridized carbons (Fsp3) is 0.0909. The van der Waals surface area contributed by atoms with Crippen molar-refractivity contribution < 1.29 is 0 Å². The number of pyridine rings is 1. The first-order valence-corrected chi connectivity index (χ1v) is 5.27. The highest BCUT2D eigenvalue weighted by Crippen LogP contribution is 2.24. The van der Waals surface area contributed by atoms with Crippen LogP contribution in [0, 0.1) is 6.92 Å². The number of aryl methyl sites for hydroxylation is 1. The predicted molar refractivity (Wildman–Crippen MR) is 62.5 cm³/mol. The molecule has 0 aliphatic heterocycles. The summed E-state index contributed by atoms with van der Waals surface area (Å²) in [5.41, 5.74) is 3.76. The van der Waals surface area contributed by atoms with Gasteiger partial charge in [0.1, 0.15) is 5.65 Å². The second-order valence-electron chi connectivity index (χ2n) is 3.59. The zero-order chi connectivity index (χ0) is 11.1. The topological polar surface area (TPSA) is 46.0 Å². The Balaban J connectivity index is 2.38. The van der Waals surface area contributed by atoms with Gasteiger partial charge in [0, 0.05) is 12.4 Å². The van der Waals surface area contributed by atoms with Gasteiger partial charge in [-0.2, -0.15) is 5.10 Å². The Kier molecular flexibility index (Phi) is 1.97. The van der Waals surface area contributed by atoms with Gasteiger partial charge >= 0.3 is 0 Å². The highest BCUT2D eigenvalue weighted by molar-refractivity contribution is 6.30. The Bertz CT molecular complexity index is 639. The minimum Gasteiger partial charge on any atom is -0.296 e. The molecule has 0 amide bonds. The Morgan fingerprint density at radius 3 is 2.94 bits per heavy atom. The van der Waals surface area contributed by atoms with Crippen LogP contribution in [0.5, 0.6) is 0 Å². The van der Waals surface area contributed by atoms with Crippen LogP contribution in [-0.4, -0.2) is 19.6 Å². The molecular formula is C11H9ClN4. The van der Waals surface area contributed by atoms with E-state index in [1.807, 2.05) is 35.7 Å². The number of fused-ring (bicyclic) bond motifs is 1. The minimum absolute atomic E-state index is 0.686. The molecule has 3 aromatic heterocycles. The monoisotopic (exact) mass is 232 g/mol. The summed E-state index contributed by atoms with van der Waals surface area (Å²) >= 11 is 5.99. The quantitative estimate of drug-likeness (QED) is 0.701. The van der Waals surface area contributed by atoms with E-state index in [1.165, 1.54) is 0 Å². The summed E-state index contributed by atoms with van der Waals surface area (Å²) in [6.07, 6.45) is 3.58. The number of halogens is 1.